The second-order valence-electron chi connectivity index (χ2n) is 8.03. The van der Waals surface area contributed by atoms with Gasteiger partial charge in [0.25, 0.3) is 0 Å². The lowest BCUT2D eigenvalue weighted by atomic mass is 9.98. The van der Waals surface area contributed by atoms with Crippen molar-refractivity contribution in [1.82, 2.24) is 25.3 Å². The molecule has 0 atom stereocenters. The third kappa shape index (κ3) is 5.72. The molecule has 8 nitrogen and oxygen atoms in total. The fourth-order valence-electron chi connectivity index (χ4n) is 4.16. The van der Waals surface area contributed by atoms with Crippen LogP contribution < -0.4 is 10.1 Å². The molecule has 4 rings (SSSR count). The molecule has 2 aromatic heterocycles. The maximum atomic E-state index is 6.10. The lowest BCUT2D eigenvalue weighted by Gasteiger charge is -2.36. The summed E-state index contributed by atoms with van der Waals surface area (Å²) in [6, 6.07) is 6.00. The van der Waals surface area contributed by atoms with Gasteiger partial charge in [0, 0.05) is 64.6 Å². The van der Waals surface area contributed by atoms with Gasteiger partial charge < -0.3 is 19.5 Å². The summed E-state index contributed by atoms with van der Waals surface area (Å²) in [6.07, 6.45) is 9.89. The Morgan fingerprint density at radius 2 is 2.03 bits per heavy atom. The van der Waals surface area contributed by atoms with Crippen LogP contribution in [-0.2, 0) is 13.1 Å². The number of rotatable bonds is 6. The van der Waals surface area contributed by atoms with Gasteiger partial charge in [-0.2, -0.15) is 0 Å². The molecule has 0 unspecified atom stereocenters. The van der Waals surface area contributed by atoms with Crippen molar-refractivity contribution in [1.29, 1.82) is 0 Å². The smallest absolute Gasteiger partial charge is 0.213 e. The number of ether oxygens (including phenoxy) is 1. The van der Waals surface area contributed by atoms with Crippen LogP contribution in [0.5, 0.6) is 5.88 Å². The van der Waals surface area contributed by atoms with Gasteiger partial charge in [-0.05, 0) is 37.3 Å². The minimum Gasteiger partial charge on any atom is -0.474 e. The first-order chi connectivity index (χ1) is 14.8. The summed E-state index contributed by atoms with van der Waals surface area (Å²) in [5.41, 5.74) is 2.14. The van der Waals surface area contributed by atoms with Crippen LogP contribution in [0.2, 0.25) is 0 Å². The molecule has 0 spiro atoms. The molecular formula is C22H32N6O2. The number of aromatic nitrogens is 2. The highest BCUT2D eigenvalue weighted by molar-refractivity contribution is 5.80. The van der Waals surface area contributed by atoms with Crippen molar-refractivity contribution in [3.63, 3.8) is 0 Å². The van der Waals surface area contributed by atoms with Gasteiger partial charge >= 0.3 is 0 Å². The van der Waals surface area contributed by atoms with Crippen LogP contribution in [-0.4, -0.2) is 65.2 Å². The van der Waals surface area contributed by atoms with E-state index in [0.717, 1.165) is 68.7 Å². The topological polar surface area (TPSA) is 79.0 Å². The first-order valence-electron chi connectivity index (χ1n) is 11.0. The molecule has 0 radical (unpaired) electrons. The molecule has 1 saturated heterocycles. The van der Waals surface area contributed by atoms with Crippen molar-refractivity contribution in [2.75, 3.05) is 33.2 Å². The second kappa shape index (κ2) is 10.4. The number of nitrogens with one attached hydrogen (secondary N) is 1. The fraction of sp³-hybridized carbons (Fsp3) is 0.591. The number of nitrogens with zero attached hydrogens (tertiary/aromatic N) is 5. The fourth-order valence-corrected chi connectivity index (χ4v) is 4.16. The van der Waals surface area contributed by atoms with Crippen molar-refractivity contribution in [2.24, 2.45) is 4.99 Å². The number of aliphatic imine (C=N–C) groups is 1. The normalized spacial score (nSPS) is 19.1. The van der Waals surface area contributed by atoms with E-state index in [2.05, 4.69) is 30.2 Å². The SMILES string of the molecule is CN=C(NCc1ccnc(OC2CCCCC2)c1)N1CCN(Cc2ccon2)CC1. The van der Waals surface area contributed by atoms with Crippen LogP contribution in [0.25, 0.3) is 0 Å². The molecule has 1 aliphatic carbocycles. The van der Waals surface area contributed by atoms with Gasteiger partial charge in [-0.3, -0.25) is 9.89 Å². The molecule has 1 N–H and O–H groups in total. The van der Waals surface area contributed by atoms with Crippen LogP contribution in [0.15, 0.2) is 40.2 Å². The Balaban J connectivity index is 1.25. The van der Waals surface area contributed by atoms with Crippen LogP contribution in [0, 0.1) is 0 Å². The third-order valence-corrected chi connectivity index (χ3v) is 5.85. The highest BCUT2D eigenvalue weighted by Gasteiger charge is 2.20. The molecule has 2 aliphatic rings. The van der Waals surface area contributed by atoms with E-state index in [0.29, 0.717) is 12.6 Å². The van der Waals surface area contributed by atoms with Gasteiger partial charge in [-0.15, -0.1) is 0 Å². The quantitative estimate of drug-likeness (QED) is 0.577. The van der Waals surface area contributed by atoms with Gasteiger partial charge in [0.05, 0.1) is 5.69 Å². The zero-order valence-corrected chi connectivity index (χ0v) is 17.8. The average molecular weight is 413 g/mol. The Kier molecular flexibility index (Phi) is 7.18. The molecule has 1 saturated carbocycles. The van der Waals surface area contributed by atoms with Gasteiger partial charge in [-0.1, -0.05) is 11.6 Å². The zero-order chi connectivity index (χ0) is 20.6. The van der Waals surface area contributed by atoms with E-state index < -0.39 is 0 Å². The molecule has 1 aliphatic heterocycles. The van der Waals surface area contributed by atoms with E-state index in [9.17, 15) is 0 Å². The number of piperazine rings is 1. The maximum absolute atomic E-state index is 6.10. The number of hydrogen-bond donors (Lipinski definition) is 1. The largest absolute Gasteiger partial charge is 0.474 e. The van der Waals surface area contributed by atoms with E-state index in [1.807, 2.05) is 31.4 Å². The average Bonchev–Trinajstić information content (AvgIpc) is 3.29. The Bertz CT molecular complexity index is 796. The van der Waals surface area contributed by atoms with Crippen molar-refractivity contribution in [3.8, 4) is 5.88 Å². The Hall–Kier alpha value is -2.61. The van der Waals surface area contributed by atoms with E-state index >= 15 is 0 Å². The second-order valence-corrected chi connectivity index (χ2v) is 8.03. The number of guanidine groups is 1. The molecule has 2 aromatic rings. The Labute approximate surface area is 178 Å². The standard InChI is InChI=1S/C22H32N6O2/c1-23-22(28-12-10-27(11-13-28)17-19-8-14-29-26-19)25-16-18-7-9-24-21(15-18)30-20-5-3-2-4-6-20/h7-9,14-15,20H,2-6,10-13,16-17H2,1H3,(H,23,25). The van der Waals surface area contributed by atoms with E-state index in [1.54, 1.807) is 6.26 Å². The lowest BCUT2D eigenvalue weighted by molar-refractivity contribution is 0.148. The molecular weight excluding hydrogens is 380 g/mol. The number of hydrogen-bond acceptors (Lipinski definition) is 6. The van der Waals surface area contributed by atoms with E-state index in [1.165, 1.54) is 19.3 Å². The lowest BCUT2D eigenvalue weighted by Crippen LogP contribution is -2.52. The molecule has 162 valence electrons. The third-order valence-electron chi connectivity index (χ3n) is 5.85. The summed E-state index contributed by atoms with van der Waals surface area (Å²) in [5.74, 6) is 1.67. The van der Waals surface area contributed by atoms with E-state index in [-0.39, 0.29) is 0 Å². The van der Waals surface area contributed by atoms with Crippen molar-refractivity contribution in [3.05, 3.63) is 41.9 Å². The Morgan fingerprint density at radius 1 is 1.20 bits per heavy atom. The van der Waals surface area contributed by atoms with Gasteiger partial charge in [0.1, 0.15) is 12.4 Å². The predicted molar refractivity (Wildman–Crippen MR) is 115 cm³/mol. The highest BCUT2D eigenvalue weighted by atomic mass is 16.5. The highest BCUT2D eigenvalue weighted by Crippen LogP contribution is 2.22. The summed E-state index contributed by atoms with van der Waals surface area (Å²) in [7, 11) is 1.84. The monoisotopic (exact) mass is 412 g/mol. The van der Waals surface area contributed by atoms with Crippen molar-refractivity contribution >= 4 is 5.96 Å². The molecule has 0 bridgehead atoms. The first kappa shape index (κ1) is 20.7. The minimum absolute atomic E-state index is 0.316. The zero-order valence-electron chi connectivity index (χ0n) is 17.8. The Morgan fingerprint density at radius 3 is 2.77 bits per heavy atom. The first-order valence-corrected chi connectivity index (χ1v) is 11.0. The summed E-state index contributed by atoms with van der Waals surface area (Å²) < 4.78 is 11.0. The summed E-state index contributed by atoms with van der Waals surface area (Å²) in [4.78, 5) is 13.6. The minimum atomic E-state index is 0.316. The maximum Gasteiger partial charge on any atom is 0.213 e. The van der Waals surface area contributed by atoms with Crippen LogP contribution in [0.3, 0.4) is 0 Å². The van der Waals surface area contributed by atoms with Crippen molar-refractivity contribution < 1.29 is 9.26 Å². The number of pyridine rings is 1. The van der Waals surface area contributed by atoms with Crippen LogP contribution >= 0.6 is 0 Å². The molecule has 0 amide bonds. The molecule has 8 heteroatoms. The summed E-state index contributed by atoms with van der Waals surface area (Å²) >= 11 is 0. The summed E-state index contributed by atoms with van der Waals surface area (Å²) in [5, 5.41) is 7.50. The van der Waals surface area contributed by atoms with E-state index in [4.69, 9.17) is 9.26 Å². The molecule has 0 aromatic carbocycles. The van der Waals surface area contributed by atoms with Gasteiger partial charge in [0.15, 0.2) is 5.96 Å². The summed E-state index contributed by atoms with van der Waals surface area (Å²) in [6.45, 7) is 5.35. The molecule has 2 fully saturated rings. The van der Waals surface area contributed by atoms with Crippen LogP contribution in [0.4, 0.5) is 0 Å². The molecule has 30 heavy (non-hydrogen) atoms. The van der Waals surface area contributed by atoms with Crippen molar-refractivity contribution in [2.45, 2.75) is 51.3 Å². The molecule has 3 heterocycles. The predicted octanol–water partition coefficient (Wildman–Crippen LogP) is 2.67. The van der Waals surface area contributed by atoms with Gasteiger partial charge in [-0.25, -0.2) is 4.98 Å². The van der Waals surface area contributed by atoms with Gasteiger partial charge in [0.2, 0.25) is 5.88 Å². The van der Waals surface area contributed by atoms with Crippen LogP contribution in [0.1, 0.15) is 43.4 Å².